The third kappa shape index (κ3) is 3.83. The van der Waals surface area contributed by atoms with Gasteiger partial charge in [0.05, 0.1) is 12.7 Å². The molecule has 1 nitrogen and oxygen atoms in total. The Kier molecular flexibility index (Phi) is 5.64. The summed E-state index contributed by atoms with van der Waals surface area (Å²) in [5.41, 5.74) is 4.46. The topological polar surface area (TPSA) is 9.23 Å². The van der Waals surface area contributed by atoms with E-state index >= 15 is 0 Å². The molecule has 2 fully saturated rings. The molecule has 0 aliphatic heterocycles. The normalized spacial score (nSPS) is 33.8. The highest BCUT2D eigenvalue weighted by molar-refractivity contribution is 5.50. The van der Waals surface area contributed by atoms with Crippen LogP contribution in [0.25, 0.3) is 6.08 Å². The monoisotopic (exact) mass is 350 g/mol. The maximum Gasteiger partial charge on any atom is 0.0648 e. The lowest BCUT2D eigenvalue weighted by Gasteiger charge is -2.44. The van der Waals surface area contributed by atoms with Gasteiger partial charge in [0.15, 0.2) is 0 Å². The van der Waals surface area contributed by atoms with Crippen LogP contribution in [0.2, 0.25) is 0 Å². The summed E-state index contributed by atoms with van der Waals surface area (Å²) in [6, 6.07) is 6.97. The largest absolute Gasteiger partial charge is 0.374 e. The summed E-state index contributed by atoms with van der Waals surface area (Å²) in [5, 5.41) is 0. The summed E-state index contributed by atoms with van der Waals surface area (Å²) in [7, 11) is 0. The Labute approximate surface area is 159 Å². The van der Waals surface area contributed by atoms with Gasteiger partial charge in [-0.3, -0.25) is 0 Å². The first-order valence-electron chi connectivity index (χ1n) is 10.7. The summed E-state index contributed by atoms with van der Waals surface area (Å²) in [5.74, 6) is 3.74. The van der Waals surface area contributed by atoms with Gasteiger partial charge in [0, 0.05) is 0 Å². The lowest BCUT2D eigenvalue weighted by atomic mass is 9.62. The minimum absolute atomic E-state index is 0.492. The second kappa shape index (κ2) is 8.13. The van der Waals surface area contributed by atoms with Crippen molar-refractivity contribution in [1.82, 2.24) is 0 Å². The molecule has 3 aliphatic rings. The van der Waals surface area contributed by atoms with Gasteiger partial charge < -0.3 is 4.74 Å². The highest BCUT2D eigenvalue weighted by atomic mass is 16.5. The number of fused-ring (bicyclic) bond motifs is 2. The van der Waals surface area contributed by atoms with Crippen LogP contribution in [-0.4, -0.2) is 12.7 Å². The molecule has 1 heteroatoms. The Balaban J connectivity index is 1.34. The minimum Gasteiger partial charge on any atom is -0.374 e. The molecular formula is C25H34O. The maximum atomic E-state index is 5.96. The van der Waals surface area contributed by atoms with Gasteiger partial charge in [-0.05, 0) is 98.1 Å². The molecule has 0 radical (unpaired) electrons. The average molecular weight is 351 g/mol. The molecule has 26 heavy (non-hydrogen) atoms. The minimum atomic E-state index is 0.492. The first-order chi connectivity index (χ1) is 12.8. The average Bonchev–Trinajstić information content (AvgIpc) is 2.70. The van der Waals surface area contributed by atoms with E-state index in [0.29, 0.717) is 6.10 Å². The molecule has 1 aromatic rings. The van der Waals surface area contributed by atoms with Crippen molar-refractivity contribution < 1.29 is 4.74 Å². The number of rotatable bonds is 5. The fourth-order valence-corrected chi connectivity index (χ4v) is 6.00. The summed E-state index contributed by atoms with van der Waals surface area (Å²) in [6.07, 6.45) is 16.6. The predicted molar refractivity (Wildman–Crippen MR) is 110 cm³/mol. The van der Waals surface area contributed by atoms with Crippen molar-refractivity contribution in [3.63, 3.8) is 0 Å². The molecule has 3 aliphatic carbocycles. The fourth-order valence-electron chi connectivity index (χ4n) is 6.00. The summed E-state index contributed by atoms with van der Waals surface area (Å²) in [4.78, 5) is 0. The maximum absolute atomic E-state index is 5.96. The van der Waals surface area contributed by atoms with Gasteiger partial charge in [0.1, 0.15) is 0 Å². The second-order valence-electron chi connectivity index (χ2n) is 8.89. The standard InChI is InChI=1S/C25H34O/c1-3-13-26-25-12-11-23-16-22(9-10-24(23)17-25)21-8-7-19-14-18(4-2)5-6-20(19)15-21/h3-6,14,21-25H,1-2,7-13,15-17H2. The predicted octanol–water partition coefficient (Wildman–Crippen LogP) is 6.22. The van der Waals surface area contributed by atoms with Gasteiger partial charge in [-0.2, -0.15) is 0 Å². The highest BCUT2D eigenvalue weighted by Gasteiger charge is 2.38. The van der Waals surface area contributed by atoms with E-state index in [9.17, 15) is 0 Å². The third-order valence-electron chi connectivity index (χ3n) is 7.45. The number of ether oxygens (including phenoxy) is 1. The molecule has 0 bridgehead atoms. The van der Waals surface area contributed by atoms with Crippen LogP contribution in [-0.2, 0) is 17.6 Å². The molecule has 140 valence electrons. The SMILES string of the molecule is C=CCOC1CCC2CC(C3CCc4cc(C=C)ccc4C3)CCC2C1. The zero-order valence-corrected chi connectivity index (χ0v) is 16.2. The van der Waals surface area contributed by atoms with E-state index in [0.717, 1.165) is 30.3 Å². The third-order valence-corrected chi connectivity index (χ3v) is 7.45. The molecule has 0 aromatic heterocycles. The van der Waals surface area contributed by atoms with Crippen molar-refractivity contribution in [3.05, 3.63) is 54.1 Å². The molecule has 4 rings (SSSR count). The van der Waals surface area contributed by atoms with Crippen molar-refractivity contribution >= 4 is 6.08 Å². The molecule has 0 heterocycles. The van der Waals surface area contributed by atoms with Crippen LogP contribution in [0.15, 0.2) is 37.4 Å². The Morgan fingerprint density at radius 2 is 1.65 bits per heavy atom. The zero-order valence-electron chi connectivity index (χ0n) is 16.2. The first kappa shape index (κ1) is 18.0. The molecule has 2 saturated carbocycles. The van der Waals surface area contributed by atoms with Crippen molar-refractivity contribution in [1.29, 1.82) is 0 Å². The lowest BCUT2D eigenvalue weighted by Crippen LogP contribution is -2.37. The van der Waals surface area contributed by atoms with Crippen molar-refractivity contribution in [3.8, 4) is 0 Å². The molecule has 1 aromatic carbocycles. The summed E-state index contributed by atoms with van der Waals surface area (Å²) in [6.45, 7) is 8.42. The molecule has 0 N–H and O–H groups in total. The van der Waals surface area contributed by atoms with E-state index in [-0.39, 0.29) is 0 Å². The number of benzene rings is 1. The Bertz CT molecular complexity index is 646. The number of hydrogen-bond donors (Lipinski definition) is 0. The Morgan fingerprint density at radius 3 is 2.46 bits per heavy atom. The van der Waals surface area contributed by atoms with E-state index in [4.69, 9.17) is 4.74 Å². The van der Waals surface area contributed by atoms with Gasteiger partial charge >= 0.3 is 0 Å². The Hall–Kier alpha value is -1.34. The smallest absolute Gasteiger partial charge is 0.0648 e. The molecule has 0 saturated heterocycles. The lowest BCUT2D eigenvalue weighted by molar-refractivity contribution is -0.0137. The molecule has 5 unspecified atom stereocenters. The number of aryl methyl sites for hydroxylation is 1. The second-order valence-corrected chi connectivity index (χ2v) is 8.89. The van der Waals surface area contributed by atoms with Crippen molar-refractivity contribution in [2.75, 3.05) is 6.61 Å². The Morgan fingerprint density at radius 1 is 0.885 bits per heavy atom. The highest BCUT2D eigenvalue weighted by Crippen LogP contribution is 2.47. The zero-order chi connectivity index (χ0) is 17.9. The van der Waals surface area contributed by atoms with Gasteiger partial charge in [-0.25, -0.2) is 0 Å². The van der Waals surface area contributed by atoms with Crippen LogP contribution >= 0.6 is 0 Å². The van der Waals surface area contributed by atoms with Crippen molar-refractivity contribution in [2.45, 2.75) is 63.9 Å². The van der Waals surface area contributed by atoms with E-state index < -0.39 is 0 Å². The fraction of sp³-hybridized carbons (Fsp3) is 0.600. The van der Waals surface area contributed by atoms with Crippen LogP contribution in [0.4, 0.5) is 0 Å². The van der Waals surface area contributed by atoms with Gasteiger partial charge in [0.25, 0.3) is 0 Å². The molecule has 0 amide bonds. The molecule has 5 atom stereocenters. The summed E-state index contributed by atoms with van der Waals surface area (Å²) >= 11 is 0. The van der Waals surface area contributed by atoms with E-state index in [1.54, 1.807) is 11.1 Å². The van der Waals surface area contributed by atoms with Crippen LogP contribution in [0, 0.1) is 23.7 Å². The van der Waals surface area contributed by atoms with Crippen LogP contribution in [0.5, 0.6) is 0 Å². The van der Waals surface area contributed by atoms with E-state index in [1.807, 2.05) is 12.2 Å². The van der Waals surface area contributed by atoms with Crippen LogP contribution in [0.1, 0.15) is 61.6 Å². The molecule has 0 spiro atoms. The number of hydrogen-bond acceptors (Lipinski definition) is 1. The van der Waals surface area contributed by atoms with Crippen LogP contribution in [0.3, 0.4) is 0 Å². The van der Waals surface area contributed by atoms with Crippen molar-refractivity contribution in [2.24, 2.45) is 23.7 Å². The quantitative estimate of drug-likeness (QED) is 0.573. The summed E-state index contributed by atoms with van der Waals surface area (Å²) < 4.78 is 5.96. The van der Waals surface area contributed by atoms with Gasteiger partial charge in [-0.15, -0.1) is 6.58 Å². The molecular weight excluding hydrogens is 316 g/mol. The first-order valence-corrected chi connectivity index (χ1v) is 10.7. The van der Waals surface area contributed by atoms with Gasteiger partial charge in [0.2, 0.25) is 0 Å². The van der Waals surface area contributed by atoms with Crippen LogP contribution < -0.4 is 0 Å². The van der Waals surface area contributed by atoms with Gasteiger partial charge in [-0.1, -0.05) is 36.9 Å². The van der Waals surface area contributed by atoms with E-state index in [2.05, 4.69) is 31.4 Å². The van der Waals surface area contributed by atoms with E-state index in [1.165, 1.54) is 63.4 Å².